The molecule has 1 aliphatic rings. The second-order valence-electron chi connectivity index (χ2n) is 5.59. The van der Waals surface area contributed by atoms with Gasteiger partial charge in [-0.3, -0.25) is 4.79 Å². The van der Waals surface area contributed by atoms with Crippen molar-refractivity contribution in [3.8, 4) is 0 Å². The molecule has 0 saturated carbocycles. The van der Waals surface area contributed by atoms with Gasteiger partial charge >= 0.3 is 0 Å². The van der Waals surface area contributed by atoms with E-state index >= 15 is 0 Å². The number of carbonyl (C=O) groups is 1. The summed E-state index contributed by atoms with van der Waals surface area (Å²) in [5, 5.41) is 3.91. The molecule has 118 valence electrons. The number of carbonyl (C=O) groups excluding carboxylic acids is 1. The van der Waals surface area contributed by atoms with E-state index in [4.69, 9.17) is 11.6 Å². The molecule has 0 unspecified atom stereocenters. The van der Waals surface area contributed by atoms with Crippen LogP contribution >= 0.6 is 24.0 Å². The third kappa shape index (κ3) is 4.87. The van der Waals surface area contributed by atoms with Gasteiger partial charge in [-0.1, -0.05) is 11.6 Å². The molecule has 1 heterocycles. The summed E-state index contributed by atoms with van der Waals surface area (Å²) >= 11 is 6.01. The lowest BCUT2D eigenvalue weighted by Gasteiger charge is -2.32. The van der Waals surface area contributed by atoms with Crippen LogP contribution in [0.5, 0.6) is 0 Å². The fourth-order valence-electron chi connectivity index (χ4n) is 2.73. The van der Waals surface area contributed by atoms with Gasteiger partial charge in [-0.2, -0.15) is 0 Å². The van der Waals surface area contributed by atoms with Crippen LogP contribution in [0.1, 0.15) is 35.2 Å². The smallest absolute Gasteiger partial charge is 0.253 e. The predicted octanol–water partition coefficient (Wildman–Crippen LogP) is 3.53. The molecule has 1 aromatic rings. The van der Waals surface area contributed by atoms with Gasteiger partial charge < -0.3 is 10.2 Å². The maximum absolute atomic E-state index is 12.5. The monoisotopic (exact) mass is 330 g/mol. The molecule has 0 aromatic heterocycles. The summed E-state index contributed by atoms with van der Waals surface area (Å²) in [6.07, 6.45) is 3.43. The van der Waals surface area contributed by atoms with Gasteiger partial charge in [0.2, 0.25) is 0 Å². The quantitative estimate of drug-likeness (QED) is 0.915. The van der Waals surface area contributed by atoms with E-state index in [1.54, 1.807) is 0 Å². The molecule has 1 aliphatic heterocycles. The Morgan fingerprint density at radius 3 is 2.62 bits per heavy atom. The zero-order valence-electron chi connectivity index (χ0n) is 12.7. The topological polar surface area (TPSA) is 32.3 Å². The number of hydrogen-bond donors (Lipinski definition) is 1. The molecule has 1 N–H and O–H groups in total. The fourth-order valence-corrected chi connectivity index (χ4v) is 2.85. The zero-order valence-corrected chi connectivity index (χ0v) is 14.3. The molecule has 0 aliphatic carbocycles. The highest BCUT2D eigenvalue weighted by Crippen LogP contribution is 2.23. The first-order valence-corrected chi connectivity index (χ1v) is 7.69. The summed E-state index contributed by atoms with van der Waals surface area (Å²) in [5.41, 5.74) is 1.71. The van der Waals surface area contributed by atoms with Crippen LogP contribution in [0, 0.1) is 12.8 Å². The number of nitrogens with zero attached hydrogens (tertiary/aromatic N) is 1. The van der Waals surface area contributed by atoms with Gasteiger partial charge in [0.1, 0.15) is 0 Å². The van der Waals surface area contributed by atoms with Crippen molar-refractivity contribution >= 4 is 29.9 Å². The van der Waals surface area contributed by atoms with Crippen LogP contribution in [0.3, 0.4) is 0 Å². The Balaban J connectivity index is 0.00000220. The summed E-state index contributed by atoms with van der Waals surface area (Å²) < 4.78 is 0. The second-order valence-corrected chi connectivity index (χ2v) is 6.00. The van der Waals surface area contributed by atoms with Gasteiger partial charge in [0.05, 0.1) is 0 Å². The lowest BCUT2D eigenvalue weighted by molar-refractivity contribution is 0.0687. The highest BCUT2D eigenvalue weighted by Gasteiger charge is 2.23. The standard InChI is InChI=1S/C16H23ClN2O.ClH/c1-12-11-14(3-4-15(12)17)16(20)19-9-6-13(7-10-19)5-8-18-2;/h3-4,11,13,18H,5-10H2,1-2H3;1H. The number of aryl methyl sites for hydroxylation is 1. The third-order valence-electron chi connectivity index (χ3n) is 4.11. The van der Waals surface area contributed by atoms with E-state index in [9.17, 15) is 4.79 Å². The molecule has 0 atom stereocenters. The van der Waals surface area contributed by atoms with Crippen molar-refractivity contribution in [3.63, 3.8) is 0 Å². The van der Waals surface area contributed by atoms with Gasteiger partial charge in [-0.05, 0) is 69.5 Å². The highest BCUT2D eigenvalue weighted by molar-refractivity contribution is 6.31. The number of rotatable bonds is 4. The first-order chi connectivity index (χ1) is 9.61. The van der Waals surface area contributed by atoms with E-state index in [0.29, 0.717) is 5.02 Å². The van der Waals surface area contributed by atoms with E-state index < -0.39 is 0 Å². The summed E-state index contributed by atoms with van der Waals surface area (Å²) in [6.45, 7) is 4.74. The van der Waals surface area contributed by atoms with Crippen LogP contribution in [-0.2, 0) is 0 Å². The molecule has 1 amide bonds. The summed E-state index contributed by atoms with van der Waals surface area (Å²) in [7, 11) is 1.99. The molecule has 1 aromatic carbocycles. The number of likely N-dealkylation sites (tertiary alicyclic amines) is 1. The molecule has 5 heteroatoms. The number of halogens is 2. The van der Waals surface area contributed by atoms with Gasteiger partial charge in [0.15, 0.2) is 0 Å². The predicted molar refractivity (Wildman–Crippen MR) is 90.6 cm³/mol. The minimum atomic E-state index is 0. The Morgan fingerprint density at radius 2 is 2.05 bits per heavy atom. The molecule has 3 nitrogen and oxygen atoms in total. The largest absolute Gasteiger partial charge is 0.339 e. The van der Waals surface area contributed by atoms with Crippen molar-refractivity contribution in [3.05, 3.63) is 34.3 Å². The molecule has 0 bridgehead atoms. The Kier molecular flexibility index (Phi) is 7.50. The minimum absolute atomic E-state index is 0. The Morgan fingerprint density at radius 1 is 1.38 bits per heavy atom. The van der Waals surface area contributed by atoms with Gasteiger partial charge in [0, 0.05) is 23.7 Å². The molecule has 0 radical (unpaired) electrons. The molecule has 1 fully saturated rings. The molecule has 21 heavy (non-hydrogen) atoms. The maximum Gasteiger partial charge on any atom is 0.253 e. The molecule has 1 saturated heterocycles. The molecule has 2 rings (SSSR count). The summed E-state index contributed by atoms with van der Waals surface area (Å²) in [5.74, 6) is 0.885. The van der Waals surface area contributed by atoms with E-state index in [1.807, 2.05) is 37.1 Å². The summed E-state index contributed by atoms with van der Waals surface area (Å²) in [6, 6.07) is 5.52. The van der Waals surface area contributed by atoms with E-state index in [1.165, 1.54) is 6.42 Å². The number of nitrogens with one attached hydrogen (secondary N) is 1. The number of piperidine rings is 1. The van der Waals surface area contributed by atoms with Crippen LogP contribution in [0.4, 0.5) is 0 Å². The number of hydrogen-bond acceptors (Lipinski definition) is 2. The van der Waals surface area contributed by atoms with Crippen LogP contribution in [0.25, 0.3) is 0 Å². The van der Waals surface area contributed by atoms with Crippen molar-refractivity contribution in [1.29, 1.82) is 0 Å². The van der Waals surface area contributed by atoms with Crippen molar-refractivity contribution in [2.75, 3.05) is 26.7 Å². The number of amides is 1. The molecule has 0 spiro atoms. The van der Waals surface area contributed by atoms with Crippen LogP contribution < -0.4 is 5.32 Å². The Labute approximate surface area is 138 Å². The zero-order chi connectivity index (χ0) is 14.5. The van der Waals surface area contributed by atoms with Crippen molar-refractivity contribution in [2.45, 2.75) is 26.2 Å². The highest BCUT2D eigenvalue weighted by atomic mass is 35.5. The Bertz CT molecular complexity index is 471. The first-order valence-electron chi connectivity index (χ1n) is 7.32. The lowest BCUT2D eigenvalue weighted by atomic mass is 9.93. The third-order valence-corrected chi connectivity index (χ3v) is 4.53. The average Bonchev–Trinajstić information content (AvgIpc) is 2.48. The number of benzene rings is 1. The fraction of sp³-hybridized carbons (Fsp3) is 0.562. The second kappa shape index (κ2) is 8.62. The van der Waals surface area contributed by atoms with E-state index in [0.717, 1.165) is 49.5 Å². The van der Waals surface area contributed by atoms with Crippen molar-refractivity contribution in [2.24, 2.45) is 5.92 Å². The SMILES string of the molecule is CNCCC1CCN(C(=O)c2ccc(Cl)c(C)c2)CC1.Cl. The van der Waals surface area contributed by atoms with E-state index in [2.05, 4.69) is 5.32 Å². The average molecular weight is 331 g/mol. The summed E-state index contributed by atoms with van der Waals surface area (Å²) in [4.78, 5) is 14.4. The molecular formula is C16H24Cl2N2O. The first kappa shape index (κ1) is 18.3. The van der Waals surface area contributed by atoms with Crippen LogP contribution in [0.15, 0.2) is 18.2 Å². The van der Waals surface area contributed by atoms with Crippen molar-refractivity contribution in [1.82, 2.24) is 10.2 Å². The Hall–Kier alpha value is -0.770. The van der Waals surface area contributed by atoms with E-state index in [-0.39, 0.29) is 18.3 Å². The van der Waals surface area contributed by atoms with Gasteiger partial charge in [-0.15, -0.1) is 12.4 Å². The van der Waals surface area contributed by atoms with Gasteiger partial charge in [0.25, 0.3) is 5.91 Å². The van der Waals surface area contributed by atoms with Gasteiger partial charge in [-0.25, -0.2) is 0 Å². The lowest BCUT2D eigenvalue weighted by Crippen LogP contribution is -2.39. The maximum atomic E-state index is 12.5. The molecular weight excluding hydrogens is 307 g/mol. The van der Waals surface area contributed by atoms with Crippen molar-refractivity contribution < 1.29 is 4.79 Å². The minimum Gasteiger partial charge on any atom is -0.339 e. The van der Waals surface area contributed by atoms with Crippen LogP contribution in [0.2, 0.25) is 5.02 Å². The normalized spacial score (nSPS) is 15.7. The van der Waals surface area contributed by atoms with Crippen LogP contribution in [-0.4, -0.2) is 37.5 Å².